The number of benzene rings is 16. The summed E-state index contributed by atoms with van der Waals surface area (Å²) >= 11 is 0. The monoisotopic (exact) mass is 1380 g/mol. The van der Waals surface area contributed by atoms with Crippen LogP contribution in [0.3, 0.4) is 0 Å². The van der Waals surface area contributed by atoms with Crippen LogP contribution in [0.1, 0.15) is 0 Å². The van der Waals surface area contributed by atoms with E-state index in [9.17, 15) is 0 Å². The summed E-state index contributed by atoms with van der Waals surface area (Å²) in [6.45, 7) is 0. The Bertz CT molecular complexity index is 7610. The molecular weight excluding hydrogens is 1310 g/mol. The molecule has 16 aromatic carbocycles. The van der Waals surface area contributed by atoms with E-state index in [1.807, 2.05) is 0 Å². The Labute approximate surface area is 622 Å². The number of aryl methyl sites for hydroxylation is 4. The molecule has 0 aliphatic heterocycles. The molecule has 0 unspecified atom stereocenters. The van der Waals surface area contributed by atoms with Gasteiger partial charge in [0, 0.05) is 165 Å². The van der Waals surface area contributed by atoms with Crippen LogP contribution in [-0.2, 0) is 28.2 Å². The predicted molar refractivity (Wildman–Crippen MR) is 459 cm³/mol. The summed E-state index contributed by atoms with van der Waals surface area (Å²) in [4.78, 5) is 0. The molecule has 8 heteroatoms. The molecule has 0 amide bonds. The second-order valence-electron chi connectivity index (χ2n) is 28.5. The van der Waals surface area contributed by atoms with Gasteiger partial charge in [0.05, 0.1) is 60.7 Å². The molecule has 0 aliphatic carbocycles. The van der Waals surface area contributed by atoms with E-state index in [1.54, 1.807) is 0 Å². The van der Waals surface area contributed by atoms with Gasteiger partial charge < -0.3 is 36.5 Å². The molecule has 0 radical (unpaired) electrons. The van der Waals surface area contributed by atoms with Gasteiger partial charge in [-0.15, -0.1) is 0 Å². The van der Waals surface area contributed by atoms with Crippen molar-refractivity contribution in [3.05, 3.63) is 364 Å². The first kappa shape index (κ1) is 62.5. The Morgan fingerprint density at radius 1 is 0.139 bits per heavy atom. The number of para-hydroxylation sites is 12. The highest BCUT2D eigenvalue weighted by Crippen LogP contribution is 2.45. The highest BCUT2D eigenvalue weighted by atomic mass is 15.0. The standard InChI is InChI=1S/4C25H18N2/c1-26-22-13-7-5-11-18(22)20-16-25-21(15-24(20)26)19-12-6-8-14-23(19)27(25)17-9-3-2-4-10-17;1-26-22-13-7-5-11-18(22)20-15-21-19-12-6-8-14-23(19)27(25(21)16-24(20)26)17-9-3-2-4-10-17;1-26-21-13-7-5-11-18(21)19-15-16-23-24(25(19)26)20-12-6-8-14-22(20)27(23)17-9-3-2-4-10-17;1-26-22-13-7-5-11-18(22)20-15-16-21-19-12-6-8-14-23(19)27(25(21)24(20)26)17-9-3-2-4-10-17/h4*2-16H,1H3. The molecule has 512 valence electrons. The maximum atomic E-state index is 2.41. The molecule has 0 saturated heterocycles. The topological polar surface area (TPSA) is 39.4 Å². The van der Waals surface area contributed by atoms with Crippen LogP contribution in [0.15, 0.2) is 364 Å². The normalized spacial score (nSPS) is 11.9. The summed E-state index contributed by atoms with van der Waals surface area (Å²) < 4.78 is 18.8. The summed E-state index contributed by atoms with van der Waals surface area (Å²) in [7, 11) is 8.68. The molecule has 0 saturated carbocycles. The molecule has 108 heavy (non-hydrogen) atoms. The molecular formula is C100H72N8. The Morgan fingerprint density at radius 3 is 0.861 bits per heavy atom. The van der Waals surface area contributed by atoms with E-state index >= 15 is 0 Å². The van der Waals surface area contributed by atoms with E-state index in [4.69, 9.17) is 0 Å². The highest BCUT2D eigenvalue weighted by Gasteiger charge is 2.23. The van der Waals surface area contributed by atoms with Gasteiger partial charge in [0.25, 0.3) is 0 Å². The van der Waals surface area contributed by atoms with Gasteiger partial charge in [0.15, 0.2) is 0 Å². The molecule has 8 nitrogen and oxygen atoms in total. The van der Waals surface area contributed by atoms with Crippen molar-refractivity contribution < 1.29 is 0 Å². The average Bonchev–Trinajstić information content (AvgIpc) is 1.59. The average molecular weight is 1390 g/mol. The van der Waals surface area contributed by atoms with E-state index in [1.165, 1.54) is 197 Å². The van der Waals surface area contributed by atoms with Crippen LogP contribution in [-0.4, -0.2) is 36.5 Å². The van der Waals surface area contributed by atoms with Gasteiger partial charge >= 0.3 is 0 Å². The fraction of sp³-hybridized carbons (Fsp3) is 0.0400. The number of hydrogen-bond donors (Lipinski definition) is 0. The lowest BCUT2D eigenvalue weighted by molar-refractivity contribution is 1.01. The minimum Gasteiger partial charge on any atom is -0.344 e. The second-order valence-corrected chi connectivity index (χ2v) is 28.5. The first-order chi connectivity index (χ1) is 53.3. The van der Waals surface area contributed by atoms with E-state index in [2.05, 4.69) is 429 Å². The number of hydrogen-bond acceptors (Lipinski definition) is 0. The van der Waals surface area contributed by atoms with Crippen LogP contribution in [0.4, 0.5) is 0 Å². The zero-order valence-electron chi connectivity index (χ0n) is 60.2. The van der Waals surface area contributed by atoms with Crippen LogP contribution < -0.4 is 0 Å². The largest absolute Gasteiger partial charge is 0.344 e. The van der Waals surface area contributed by atoms with Crippen molar-refractivity contribution in [1.29, 1.82) is 0 Å². The Balaban J connectivity index is 0.0000000919. The zero-order chi connectivity index (χ0) is 71.8. The van der Waals surface area contributed by atoms with Crippen molar-refractivity contribution in [3.63, 3.8) is 0 Å². The van der Waals surface area contributed by atoms with Gasteiger partial charge in [-0.1, -0.05) is 237 Å². The molecule has 0 bridgehead atoms. The first-order valence-electron chi connectivity index (χ1n) is 37.2. The minimum atomic E-state index is 1.20. The highest BCUT2D eigenvalue weighted by molar-refractivity contribution is 6.27. The molecule has 0 aliphatic rings. The minimum absolute atomic E-state index is 1.20. The third kappa shape index (κ3) is 9.43. The molecule has 0 atom stereocenters. The summed E-state index contributed by atoms with van der Waals surface area (Å²) in [5.41, 5.74) is 25.0. The first-order valence-corrected chi connectivity index (χ1v) is 37.2. The predicted octanol–water partition coefficient (Wildman–Crippen LogP) is 25.7. The lowest BCUT2D eigenvalue weighted by Crippen LogP contribution is -1.96. The van der Waals surface area contributed by atoms with Crippen LogP contribution in [0, 0.1) is 0 Å². The number of rotatable bonds is 4. The Kier molecular flexibility index (Phi) is 14.3. The van der Waals surface area contributed by atoms with Gasteiger partial charge in [0.1, 0.15) is 0 Å². The molecule has 8 heterocycles. The van der Waals surface area contributed by atoms with Crippen molar-refractivity contribution in [1.82, 2.24) is 36.5 Å². The molecule has 0 fully saturated rings. The fourth-order valence-corrected chi connectivity index (χ4v) is 18.1. The van der Waals surface area contributed by atoms with E-state index in [-0.39, 0.29) is 0 Å². The molecule has 8 aromatic heterocycles. The molecule has 0 spiro atoms. The number of fused-ring (bicyclic) bond motifs is 26. The maximum absolute atomic E-state index is 2.41. The maximum Gasteiger partial charge on any atom is 0.0785 e. The second kappa shape index (κ2) is 24.8. The van der Waals surface area contributed by atoms with Gasteiger partial charge in [-0.3, -0.25) is 0 Å². The van der Waals surface area contributed by atoms with Gasteiger partial charge in [0.2, 0.25) is 0 Å². The van der Waals surface area contributed by atoms with Crippen molar-refractivity contribution in [2.45, 2.75) is 0 Å². The SMILES string of the molecule is Cn1c2ccccc2c2cc3c(cc21)c1ccccc1n3-c1ccccc1.Cn1c2ccccc2c2cc3c4ccccc4n(-c4ccccc4)c3cc21.Cn1c2ccccc2c2ccc3c(c4ccccc4n3-c3ccccc3)c21.Cn1c2ccccc2c2ccc3c4ccccc4n(-c4ccccc4)c3c21. The lowest BCUT2D eigenvalue weighted by atomic mass is 10.1. The van der Waals surface area contributed by atoms with Crippen LogP contribution >= 0.6 is 0 Å². The smallest absolute Gasteiger partial charge is 0.0785 e. The Morgan fingerprint density at radius 2 is 0.398 bits per heavy atom. The Hall–Kier alpha value is -14.1. The fourth-order valence-electron chi connectivity index (χ4n) is 18.1. The lowest BCUT2D eigenvalue weighted by Gasteiger charge is -2.09. The summed E-state index contributed by atoms with van der Waals surface area (Å²) in [6.07, 6.45) is 0. The van der Waals surface area contributed by atoms with Crippen molar-refractivity contribution >= 4 is 174 Å². The molecule has 24 aromatic rings. The van der Waals surface area contributed by atoms with Crippen LogP contribution in [0.5, 0.6) is 0 Å². The van der Waals surface area contributed by atoms with Gasteiger partial charge in [-0.2, -0.15) is 0 Å². The number of aromatic nitrogens is 8. The van der Waals surface area contributed by atoms with Crippen molar-refractivity contribution in [2.24, 2.45) is 28.2 Å². The summed E-state index contributed by atoms with van der Waals surface area (Å²) in [5, 5.41) is 20.9. The summed E-state index contributed by atoms with van der Waals surface area (Å²) in [6, 6.07) is 131. The molecule has 0 N–H and O–H groups in total. The van der Waals surface area contributed by atoms with Crippen molar-refractivity contribution in [3.8, 4) is 22.7 Å². The molecule has 24 rings (SSSR count). The third-order valence-electron chi connectivity index (χ3n) is 22.9. The summed E-state index contributed by atoms with van der Waals surface area (Å²) in [5.74, 6) is 0. The number of nitrogens with zero attached hydrogens (tertiary/aromatic N) is 8. The van der Waals surface area contributed by atoms with Gasteiger partial charge in [-0.25, -0.2) is 0 Å². The zero-order valence-corrected chi connectivity index (χ0v) is 60.2. The van der Waals surface area contributed by atoms with Crippen LogP contribution in [0.25, 0.3) is 197 Å². The van der Waals surface area contributed by atoms with E-state index < -0.39 is 0 Å². The quantitative estimate of drug-likeness (QED) is 0.168. The van der Waals surface area contributed by atoms with E-state index in [0.29, 0.717) is 0 Å². The van der Waals surface area contributed by atoms with Gasteiger partial charge in [-0.05, 0) is 127 Å². The van der Waals surface area contributed by atoms with E-state index in [0.717, 1.165) is 0 Å². The van der Waals surface area contributed by atoms with Crippen LogP contribution in [0.2, 0.25) is 0 Å². The van der Waals surface area contributed by atoms with Crippen molar-refractivity contribution in [2.75, 3.05) is 0 Å². The third-order valence-corrected chi connectivity index (χ3v) is 22.9.